The Kier molecular flexibility index (Phi) is 7.16. The molecule has 3 rings (SSSR count). The molecule has 0 spiro atoms. The SMILES string of the molecule is Clc1ccc(CCC(CCc2ccccc2Cl)CCn2ccnc2)cc1. The number of imidazole rings is 1. The number of aryl methyl sites for hydroxylation is 3. The van der Waals surface area contributed by atoms with Crippen LogP contribution >= 0.6 is 23.2 Å². The molecule has 0 fully saturated rings. The summed E-state index contributed by atoms with van der Waals surface area (Å²) < 4.78 is 2.16. The van der Waals surface area contributed by atoms with Crippen molar-refractivity contribution in [1.29, 1.82) is 0 Å². The van der Waals surface area contributed by atoms with Gasteiger partial charge in [0.25, 0.3) is 0 Å². The molecular weight excluding hydrogens is 363 g/mol. The van der Waals surface area contributed by atoms with E-state index in [1.807, 2.05) is 43.0 Å². The van der Waals surface area contributed by atoms with Gasteiger partial charge in [0.05, 0.1) is 6.33 Å². The van der Waals surface area contributed by atoms with Gasteiger partial charge in [-0.3, -0.25) is 0 Å². The monoisotopic (exact) mass is 386 g/mol. The Bertz CT molecular complexity index is 782. The van der Waals surface area contributed by atoms with Crippen molar-refractivity contribution >= 4 is 23.2 Å². The Labute approximate surface area is 165 Å². The van der Waals surface area contributed by atoms with Gasteiger partial charge in [-0.15, -0.1) is 0 Å². The fraction of sp³-hybridized carbons (Fsp3) is 0.318. The quantitative estimate of drug-likeness (QED) is 0.412. The molecule has 136 valence electrons. The molecule has 0 saturated heterocycles. The summed E-state index contributed by atoms with van der Waals surface area (Å²) in [4.78, 5) is 4.14. The number of rotatable bonds is 9. The molecule has 0 bridgehead atoms. The van der Waals surface area contributed by atoms with Crippen LogP contribution in [-0.2, 0) is 19.4 Å². The number of benzene rings is 2. The minimum absolute atomic E-state index is 0.643. The van der Waals surface area contributed by atoms with Gasteiger partial charge in [-0.2, -0.15) is 0 Å². The van der Waals surface area contributed by atoms with Crippen molar-refractivity contribution in [2.45, 2.75) is 38.6 Å². The Hall–Kier alpha value is -1.77. The lowest BCUT2D eigenvalue weighted by atomic mass is 9.90. The molecule has 0 aliphatic rings. The maximum atomic E-state index is 6.33. The molecule has 0 N–H and O–H groups in total. The highest BCUT2D eigenvalue weighted by molar-refractivity contribution is 6.31. The molecule has 0 saturated carbocycles. The summed E-state index contributed by atoms with van der Waals surface area (Å²) in [6.07, 6.45) is 11.3. The van der Waals surface area contributed by atoms with E-state index in [0.29, 0.717) is 5.92 Å². The summed E-state index contributed by atoms with van der Waals surface area (Å²) in [5.41, 5.74) is 2.59. The summed E-state index contributed by atoms with van der Waals surface area (Å²) in [6, 6.07) is 16.4. The third kappa shape index (κ3) is 5.89. The second kappa shape index (κ2) is 9.80. The molecule has 1 unspecified atom stereocenters. The third-order valence-corrected chi connectivity index (χ3v) is 5.51. The van der Waals surface area contributed by atoms with Gasteiger partial charge in [0.1, 0.15) is 0 Å². The highest BCUT2D eigenvalue weighted by Gasteiger charge is 2.11. The van der Waals surface area contributed by atoms with Gasteiger partial charge in [0.2, 0.25) is 0 Å². The Morgan fingerprint density at radius 3 is 2.38 bits per heavy atom. The van der Waals surface area contributed by atoms with E-state index in [2.05, 4.69) is 33.8 Å². The summed E-state index contributed by atoms with van der Waals surface area (Å²) in [5, 5.41) is 1.67. The molecule has 1 aromatic heterocycles. The predicted octanol–water partition coefficient (Wildman–Crippen LogP) is 6.46. The van der Waals surface area contributed by atoms with Crippen molar-refractivity contribution in [1.82, 2.24) is 9.55 Å². The first-order chi connectivity index (χ1) is 12.7. The molecule has 3 aromatic rings. The van der Waals surface area contributed by atoms with Crippen LogP contribution in [0.2, 0.25) is 10.0 Å². The molecular formula is C22H24Cl2N2. The highest BCUT2D eigenvalue weighted by Crippen LogP contribution is 2.24. The Morgan fingerprint density at radius 1 is 0.885 bits per heavy atom. The van der Waals surface area contributed by atoms with Crippen molar-refractivity contribution in [3.63, 3.8) is 0 Å². The molecule has 2 nitrogen and oxygen atoms in total. The highest BCUT2D eigenvalue weighted by atomic mass is 35.5. The van der Waals surface area contributed by atoms with Crippen LogP contribution in [0.1, 0.15) is 30.4 Å². The smallest absolute Gasteiger partial charge is 0.0945 e. The van der Waals surface area contributed by atoms with Crippen LogP contribution in [0.5, 0.6) is 0 Å². The second-order valence-electron chi connectivity index (χ2n) is 6.75. The normalized spacial score (nSPS) is 12.2. The maximum absolute atomic E-state index is 6.33. The third-order valence-electron chi connectivity index (χ3n) is 4.89. The van der Waals surface area contributed by atoms with Gasteiger partial charge in [-0.05, 0) is 67.3 Å². The van der Waals surface area contributed by atoms with Crippen LogP contribution in [0.4, 0.5) is 0 Å². The van der Waals surface area contributed by atoms with E-state index >= 15 is 0 Å². The second-order valence-corrected chi connectivity index (χ2v) is 7.59. The fourth-order valence-electron chi connectivity index (χ4n) is 3.27. The number of hydrogen-bond acceptors (Lipinski definition) is 1. The van der Waals surface area contributed by atoms with Crippen molar-refractivity contribution < 1.29 is 0 Å². The Balaban J connectivity index is 1.58. The zero-order valence-corrected chi connectivity index (χ0v) is 16.3. The summed E-state index contributed by atoms with van der Waals surface area (Å²) >= 11 is 12.3. The van der Waals surface area contributed by atoms with E-state index in [9.17, 15) is 0 Å². The molecule has 0 radical (unpaired) electrons. The first-order valence-corrected chi connectivity index (χ1v) is 9.90. The molecule has 0 aliphatic heterocycles. The molecule has 2 aromatic carbocycles. The van der Waals surface area contributed by atoms with Crippen LogP contribution < -0.4 is 0 Å². The number of aromatic nitrogens is 2. The fourth-order valence-corrected chi connectivity index (χ4v) is 3.62. The van der Waals surface area contributed by atoms with Gasteiger partial charge < -0.3 is 4.57 Å². The molecule has 0 aliphatic carbocycles. The first-order valence-electron chi connectivity index (χ1n) is 9.14. The summed E-state index contributed by atoms with van der Waals surface area (Å²) in [5.74, 6) is 0.643. The summed E-state index contributed by atoms with van der Waals surface area (Å²) in [6.45, 7) is 1.01. The van der Waals surface area contributed by atoms with Gasteiger partial charge in [0, 0.05) is 29.0 Å². The molecule has 0 amide bonds. The molecule has 4 heteroatoms. The lowest BCUT2D eigenvalue weighted by Crippen LogP contribution is -2.09. The van der Waals surface area contributed by atoms with Gasteiger partial charge in [-0.25, -0.2) is 4.98 Å². The topological polar surface area (TPSA) is 17.8 Å². The van der Waals surface area contributed by atoms with Crippen molar-refractivity contribution in [2.24, 2.45) is 5.92 Å². The standard InChI is InChI=1S/C22H24Cl2N2/c23-21-11-8-18(9-12-21)5-6-19(13-15-26-16-14-25-17-26)7-10-20-3-1-2-4-22(20)24/h1-4,8-9,11-12,14,16-17,19H,5-7,10,13,15H2. The van der Waals surface area contributed by atoms with Gasteiger partial charge >= 0.3 is 0 Å². The predicted molar refractivity (Wildman–Crippen MR) is 110 cm³/mol. The number of nitrogens with zero attached hydrogens (tertiary/aromatic N) is 2. The van der Waals surface area contributed by atoms with Crippen LogP contribution in [0.15, 0.2) is 67.3 Å². The van der Waals surface area contributed by atoms with Crippen LogP contribution in [0.25, 0.3) is 0 Å². The van der Waals surface area contributed by atoms with Gasteiger partial charge in [0.15, 0.2) is 0 Å². The average molecular weight is 387 g/mol. The first kappa shape index (κ1) is 19.0. The number of hydrogen-bond donors (Lipinski definition) is 0. The van der Waals surface area contributed by atoms with E-state index < -0.39 is 0 Å². The largest absolute Gasteiger partial charge is 0.337 e. The van der Waals surface area contributed by atoms with Crippen molar-refractivity contribution in [3.8, 4) is 0 Å². The van der Waals surface area contributed by atoms with Crippen molar-refractivity contribution in [3.05, 3.63) is 88.4 Å². The van der Waals surface area contributed by atoms with E-state index in [4.69, 9.17) is 23.2 Å². The lowest BCUT2D eigenvalue weighted by Gasteiger charge is -2.18. The number of halogens is 2. The van der Waals surface area contributed by atoms with E-state index in [1.54, 1.807) is 0 Å². The maximum Gasteiger partial charge on any atom is 0.0945 e. The average Bonchev–Trinajstić information content (AvgIpc) is 3.17. The van der Waals surface area contributed by atoms with Crippen LogP contribution in [-0.4, -0.2) is 9.55 Å². The van der Waals surface area contributed by atoms with Crippen LogP contribution in [0.3, 0.4) is 0 Å². The lowest BCUT2D eigenvalue weighted by molar-refractivity contribution is 0.393. The Morgan fingerprint density at radius 2 is 1.65 bits per heavy atom. The minimum Gasteiger partial charge on any atom is -0.337 e. The van der Waals surface area contributed by atoms with E-state index in [1.165, 1.54) is 17.5 Å². The molecule has 1 heterocycles. The van der Waals surface area contributed by atoms with Crippen molar-refractivity contribution in [2.75, 3.05) is 0 Å². The van der Waals surface area contributed by atoms with Crippen LogP contribution in [0, 0.1) is 5.92 Å². The van der Waals surface area contributed by atoms with Gasteiger partial charge in [-0.1, -0.05) is 53.5 Å². The molecule has 26 heavy (non-hydrogen) atoms. The minimum atomic E-state index is 0.643. The molecule has 1 atom stereocenters. The van der Waals surface area contributed by atoms with E-state index in [0.717, 1.165) is 42.3 Å². The summed E-state index contributed by atoms with van der Waals surface area (Å²) in [7, 11) is 0. The van der Waals surface area contributed by atoms with E-state index in [-0.39, 0.29) is 0 Å². The zero-order chi connectivity index (χ0) is 18.2. The zero-order valence-electron chi connectivity index (χ0n) is 14.8.